The lowest BCUT2D eigenvalue weighted by Crippen LogP contribution is -2.16. The highest BCUT2D eigenvalue weighted by atomic mass is 16.4. The minimum atomic E-state index is -1.81. The molecule has 0 amide bonds. The molecular weight excluding hydrogens is 224 g/mol. The largest absolute Gasteiger partial charge is 0.479 e. The van der Waals surface area contributed by atoms with Crippen molar-refractivity contribution in [2.75, 3.05) is 0 Å². The Morgan fingerprint density at radius 1 is 1.41 bits per heavy atom. The first-order valence-electron chi connectivity index (χ1n) is 5.05. The Morgan fingerprint density at radius 2 is 2.06 bits per heavy atom. The van der Waals surface area contributed by atoms with E-state index in [0.717, 1.165) is 0 Å². The van der Waals surface area contributed by atoms with Crippen LogP contribution in [-0.2, 0) is 4.79 Å². The number of hydrogen-bond donors (Lipinski definition) is 2. The van der Waals surface area contributed by atoms with E-state index in [1.165, 1.54) is 18.2 Å². The van der Waals surface area contributed by atoms with Crippen LogP contribution in [0.25, 0.3) is 0 Å². The molecule has 1 atom stereocenters. The summed E-state index contributed by atoms with van der Waals surface area (Å²) in [5.74, 6) is -1.83. The van der Waals surface area contributed by atoms with Crippen molar-refractivity contribution in [2.45, 2.75) is 19.4 Å². The monoisotopic (exact) mass is 236 g/mol. The third-order valence-corrected chi connectivity index (χ3v) is 2.38. The molecule has 1 aromatic carbocycles. The van der Waals surface area contributed by atoms with Gasteiger partial charge in [-0.2, -0.15) is 0 Å². The topological polar surface area (TPSA) is 91.7 Å². The third-order valence-electron chi connectivity index (χ3n) is 2.38. The number of carbonyl (C=O) groups excluding carboxylic acids is 2. The predicted octanol–water partition coefficient (Wildman–Crippen LogP) is 1.21. The van der Waals surface area contributed by atoms with Gasteiger partial charge in [-0.25, -0.2) is 4.79 Å². The van der Waals surface area contributed by atoms with E-state index in [0.29, 0.717) is 6.29 Å². The Bertz CT molecular complexity index is 464. The lowest BCUT2D eigenvalue weighted by Gasteiger charge is -2.12. The number of aliphatic hydroxyl groups is 1. The van der Waals surface area contributed by atoms with Crippen molar-refractivity contribution in [3.8, 4) is 0 Å². The molecule has 90 valence electrons. The van der Waals surface area contributed by atoms with Gasteiger partial charge in [0.15, 0.2) is 18.2 Å². The molecule has 5 heteroatoms. The number of aldehydes is 1. The summed E-state index contributed by atoms with van der Waals surface area (Å²) in [7, 11) is 0. The minimum absolute atomic E-state index is 0.0140. The quantitative estimate of drug-likeness (QED) is 0.592. The van der Waals surface area contributed by atoms with Gasteiger partial charge in [-0.15, -0.1) is 0 Å². The molecule has 0 radical (unpaired) electrons. The molecule has 0 aromatic heterocycles. The number of rotatable bonds is 5. The van der Waals surface area contributed by atoms with Crippen LogP contribution in [0.4, 0.5) is 0 Å². The molecule has 17 heavy (non-hydrogen) atoms. The second-order valence-corrected chi connectivity index (χ2v) is 3.45. The summed E-state index contributed by atoms with van der Waals surface area (Å²) in [6.45, 7) is 1.60. The zero-order valence-corrected chi connectivity index (χ0v) is 9.21. The average Bonchev–Trinajstić information content (AvgIpc) is 2.35. The Morgan fingerprint density at radius 3 is 2.53 bits per heavy atom. The van der Waals surface area contributed by atoms with Crippen molar-refractivity contribution < 1.29 is 24.6 Å². The molecule has 0 fully saturated rings. The molecule has 1 aromatic rings. The van der Waals surface area contributed by atoms with Crippen molar-refractivity contribution in [2.24, 2.45) is 0 Å². The van der Waals surface area contributed by atoms with Gasteiger partial charge in [0.1, 0.15) is 0 Å². The molecular formula is C12H12O5. The number of carboxylic acids is 1. The number of benzene rings is 1. The fourth-order valence-corrected chi connectivity index (χ4v) is 1.55. The summed E-state index contributed by atoms with van der Waals surface area (Å²) in [5, 5.41) is 18.2. The van der Waals surface area contributed by atoms with Crippen LogP contribution in [0.5, 0.6) is 0 Å². The zero-order chi connectivity index (χ0) is 13.0. The highest BCUT2D eigenvalue weighted by Crippen LogP contribution is 2.22. The maximum atomic E-state index is 11.7. The summed E-state index contributed by atoms with van der Waals surface area (Å²) in [4.78, 5) is 33.2. The first kappa shape index (κ1) is 13.1. The Labute approximate surface area is 97.7 Å². The van der Waals surface area contributed by atoms with Crippen LogP contribution in [0.3, 0.4) is 0 Å². The number of carboxylic acid groups (broad SMARTS) is 1. The van der Waals surface area contributed by atoms with Crippen molar-refractivity contribution in [3.05, 3.63) is 34.9 Å². The molecule has 0 heterocycles. The molecule has 1 rings (SSSR count). The maximum absolute atomic E-state index is 11.7. The number of ketones is 1. The summed E-state index contributed by atoms with van der Waals surface area (Å²) < 4.78 is 0. The van der Waals surface area contributed by atoms with Gasteiger partial charge in [0, 0.05) is 23.1 Å². The van der Waals surface area contributed by atoms with Crippen molar-refractivity contribution in [1.29, 1.82) is 0 Å². The molecule has 2 N–H and O–H groups in total. The third kappa shape index (κ3) is 2.57. The number of carbonyl (C=O) groups is 3. The standard InChI is InChI=1S/C12H12O5/c1-2-9(14)10-7(6-13)4-3-5-8(10)11(15)12(16)17/h3-6,11,15H,2H2,1H3,(H,16,17). The van der Waals surface area contributed by atoms with E-state index in [9.17, 15) is 19.5 Å². The second kappa shape index (κ2) is 5.36. The van der Waals surface area contributed by atoms with E-state index in [1.807, 2.05) is 0 Å². The molecule has 0 aliphatic rings. The number of aliphatic carboxylic acids is 1. The lowest BCUT2D eigenvalue weighted by atomic mass is 9.93. The van der Waals surface area contributed by atoms with Crippen LogP contribution in [-0.4, -0.2) is 28.3 Å². The fourth-order valence-electron chi connectivity index (χ4n) is 1.55. The maximum Gasteiger partial charge on any atom is 0.337 e. The smallest absolute Gasteiger partial charge is 0.337 e. The van der Waals surface area contributed by atoms with Gasteiger partial charge < -0.3 is 10.2 Å². The summed E-state index contributed by atoms with van der Waals surface area (Å²) in [6.07, 6.45) is -1.20. The van der Waals surface area contributed by atoms with Gasteiger partial charge in [0.25, 0.3) is 0 Å². The SMILES string of the molecule is CCC(=O)c1c(C=O)cccc1C(O)C(=O)O. The average molecular weight is 236 g/mol. The number of hydrogen-bond acceptors (Lipinski definition) is 4. The summed E-state index contributed by atoms with van der Waals surface area (Å²) in [5.41, 5.74) is 0.0310. The Balaban J connectivity index is 3.44. The van der Waals surface area contributed by atoms with Crippen LogP contribution >= 0.6 is 0 Å². The molecule has 1 unspecified atom stereocenters. The van der Waals surface area contributed by atoms with E-state index in [4.69, 9.17) is 5.11 Å². The van der Waals surface area contributed by atoms with E-state index in [-0.39, 0.29) is 28.9 Å². The van der Waals surface area contributed by atoms with Crippen molar-refractivity contribution in [3.63, 3.8) is 0 Å². The second-order valence-electron chi connectivity index (χ2n) is 3.45. The highest BCUT2D eigenvalue weighted by molar-refractivity contribution is 6.04. The summed E-state index contributed by atoms with van der Waals surface area (Å²) >= 11 is 0. The lowest BCUT2D eigenvalue weighted by molar-refractivity contribution is -0.146. The fraction of sp³-hybridized carbons (Fsp3) is 0.250. The highest BCUT2D eigenvalue weighted by Gasteiger charge is 2.24. The molecule has 0 aliphatic heterocycles. The Kier molecular flexibility index (Phi) is 4.12. The molecule has 0 bridgehead atoms. The predicted molar refractivity (Wildman–Crippen MR) is 59.0 cm³/mol. The van der Waals surface area contributed by atoms with E-state index in [2.05, 4.69) is 0 Å². The molecule has 0 aliphatic carbocycles. The van der Waals surface area contributed by atoms with Crippen molar-refractivity contribution >= 4 is 18.0 Å². The zero-order valence-electron chi connectivity index (χ0n) is 9.21. The van der Waals surface area contributed by atoms with Gasteiger partial charge in [0.05, 0.1) is 0 Å². The van der Waals surface area contributed by atoms with E-state index < -0.39 is 12.1 Å². The van der Waals surface area contributed by atoms with Gasteiger partial charge in [-0.05, 0) is 0 Å². The Hall–Kier alpha value is -2.01. The number of aliphatic hydroxyl groups excluding tert-OH is 1. The molecule has 0 saturated carbocycles. The van der Waals surface area contributed by atoms with Gasteiger partial charge in [0.2, 0.25) is 0 Å². The first-order valence-corrected chi connectivity index (χ1v) is 5.05. The first-order chi connectivity index (χ1) is 8.02. The normalized spacial score (nSPS) is 11.9. The van der Waals surface area contributed by atoms with Gasteiger partial charge >= 0.3 is 5.97 Å². The van der Waals surface area contributed by atoms with Crippen LogP contribution < -0.4 is 0 Å². The van der Waals surface area contributed by atoms with Gasteiger partial charge in [-0.1, -0.05) is 25.1 Å². The minimum Gasteiger partial charge on any atom is -0.479 e. The number of Topliss-reactive ketones (excluding diaryl/α,β-unsaturated/α-hetero) is 1. The molecule has 0 saturated heterocycles. The van der Waals surface area contributed by atoms with Crippen LogP contribution in [0.15, 0.2) is 18.2 Å². The van der Waals surface area contributed by atoms with Crippen molar-refractivity contribution in [1.82, 2.24) is 0 Å². The molecule has 0 spiro atoms. The van der Waals surface area contributed by atoms with Crippen LogP contribution in [0.2, 0.25) is 0 Å². The van der Waals surface area contributed by atoms with Crippen LogP contribution in [0.1, 0.15) is 45.7 Å². The van der Waals surface area contributed by atoms with E-state index in [1.54, 1.807) is 6.92 Å². The summed E-state index contributed by atoms with van der Waals surface area (Å²) in [6, 6.07) is 4.17. The van der Waals surface area contributed by atoms with Gasteiger partial charge in [-0.3, -0.25) is 9.59 Å². The van der Waals surface area contributed by atoms with E-state index >= 15 is 0 Å². The molecule has 5 nitrogen and oxygen atoms in total. The van der Waals surface area contributed by atoms with Crippen LogP contribution in [0, 0.1) is 0 Å².